The van der Waals surface area contributed by atoms with Crippen molar-refractivity contribution in [3.8, 4) is 5.88 Å². The highest BCUT2D eigenvalue weighted by molar-refractivity contribution is 5.93. The van der Waals surface area contributed by atoms with Crippen LogP contribution in [0.3, 0.4) is 0 Å². The van der Waals surface area contributed by atoms with Gasteiger partial charge in [0.1, 0.15) is 18.2 Å². The third-order valence-corrected chi connectivity index (χ3v) is 10.5. The Kier molecular flexibility index (Phi) is 8.81. The minimum Gasteiger partial charge on any atom is -0.472 e. The normalized spacial score (nSPS) is 30.9. The highest BCUT2D eigenvalue weighted by Crippen LogP contribution is 2.44. The van der Waals surface area contributed by atoms with Crippen LogP contribution in [0.4, 0.5) is 4.79 Å². The molecule has 0 spiro atoms. The van der Waals surface area contributed by atoms with E-state index in [9.17, 15) is 14.4 Å². The van der Waals surface area contributed by atoms with Crippen molar-refractivity contribution in [3.05, 3.63) is 48.7 Å². The zero-order valence-electron chi connectivity index (χ0n) is 27.0. The molecule has 0 radical (unpaired) electrons. The molecule has 2 N–H and O–H groups in total. The fourth-order valence-electron chi connectivity index (χ4n) is 7.52. The summed E-state index contributed by atoms with van der Waals surface area (Å²) in [7, 11) is 0. The van der Waals surface area contributed by atoms with Crippen molar-refractivity contribution in [1.82, 2.24) is 20.5 Å². The van der Waals surface area contributed by atoms with E-state index in [4.69, 9.17) is 9.47 Å². The van der Waals surface area contributed by atoms with Gasteiger partial charge >= 0.3 is 6.09 Å². The number of nitrogens with one attached hydrogen (secondary N) is 2. The van der Waals surface area contributed by atoms with E-state index in [0.717, 1.165) is 68.6 Å². The number of benzene rings is 1. The number of aromatic nitrogens is 1. The fourth-order valence-corrected chi connectivity index (χ4v) is 7.52. The molecular weight excluding hydrogens is 568 g/mol. The number of carbonyl (C=O) groups excluding carboxylic acids is 3. The van der Waals surface area contributed by atoms with Gasteiger partial charge in [0.25, 0.3) is 0 Å². The molecule has 2 unspecified atom stereocenters. The maximum atomic E-state index is 14.5. The zero-order chi connectivity index (χ0) is 31.8. The summed E-state index contributed by atoms with van der Waals surface area (Å²) in [6.45, 7) is 10.6. The minimum absolute atomic E-state index is 0.0228. The second-order valence-corrected chi connectivity index (χ2v) is 14.7. The Bertz CT molecular complexity index is 1450. The Labute approximate surface area is 266 Å². The number of alkyl carbamates (subject to hydrolysis) is 1. The van der Waals surface area contributed by atoms with Gasteiger partial charge in [-0.2, -0.15) is 0 Å². The van der Waals surface area contributed by atoms with Crippen LogP contribution in [-0.4, -0.2) is 64.7 Å². The summed E-state index contributed by atoms with van der Waals surface area (Å²) in [6.07, 6.45) is 11.2. The number of hydrogen-bond donors (Lipinski definition) is 2. The van der Waals surface area contributed by atoms with E-state index in [1.54, 1.807) is 11.1 Å². The summed E-state index contributed by atoms with van der Waals surface area (Å²) < 4.78 is 12.3. The van der Waals surface area contributed by atoms with Crippen LogP contribution < -0.4 is 15.4 Å². The van der Waals surface area contributed by atoms with Crippen LogP contribution in [-0.2, 0) is 20.7 Å². The lowest BCUT2D eigenvalue weighted by atomic mass is 9.83. The molecule has 3 amide bonds. The number of ether oxygens (including phenoxy) is 2. The van der Waals surface area contributed by atoms with Gasteiger partial charge in [0.05, 0.1) is 13.2 Å². The van der Waals surface area contributed by atoms with Crippen molar-refractivity contribution in [2.45, 2.75) is 109 Å². The Morgan fingerprint density at radius 2 is 1.93 bits per heavy atom. The molecule has 1 aromatic heterocycles. The van der Waals surface area contributed by atoms with Crippen molar-refractivity contribution in [2.75, 3.05) is 13.2 Å². The summed E-state index contributed by atoms with van der Waals surface area (Å²) in [6, 6.07) is 6.84. The molecule has 4 bridgehead atoms. The molecule has 2 saturated carbocycles. The first-order valence-corrected chi connectivity index (χ1v) is 16.8. The lowest BCUT2D eigenvalue weighted by Crippen LogP contribution is -2.57. The molecule has 5 atom stereocenters. The quantitative estimate of drug-likeness (QED) is 0.427. The molecule has 3 fully saturated rings. The largest absolute Gasteiger partial charge is 0.472 e. The Morgan fingerprint density at radius 1 is 1.13 bits per heavy atom. The number of rotatable bonds is 4. The van der Waals surface area contributed by atoms with Crippen molar-refractivity contribution >= 4 is 28.7 Å². The van der Waals surface area contributed by atoms with Gasteiger partial charge in [0.15, 0.2) is 0 Å². The first-order valence-electron chi connectivity index (χ1n) is 16.8. The monoisotopic (exact) mass is 616 g/mol. The van der Waals surface area contributed by atoms with E-state index >= 15 is 0 Å². The average molecular weight is 617 g/mol. The molecule has 2 aliphatic carbocycles. The number of fused-ring (bicyclic) bond motifs is 3. The molecule has 3 heterocycles. The minimum atomic E-state index is -0.774. The van der Waals surface area contributed by atoms with Crippen molar-refractivity contribution in [3.63, 3.8) is 0 Å². The number of hydrogen-bond acceptors (Lipinski definition) is 6. The molecule has 4 aliphatic rings. The van der Waals surface area contributed by atoms with Gasteiger partial charge in [0.2, 0.25) is 17.7 Å². The maximum absolute atomic E-state index is 14.5. The van der Waals surface area contributed by atoms with E-state index < -0.39 is 24.3 Å². The van der Waals surface area contributed by atoms with Crippen molar-refractivity contribution < 1.29 is 23.9 Å². The van der Waals surface area contributed by atoms with Gasteiger partial charge in [-0.05, 0) is 79.9 Å². The summed E-state index contributed by atoms with van der Waals surface area (Å²) >= 11 is 0. The van der Waals surface area contributed by atoms with Crippen LogP contribution in [0.5, 0.6) is 5.88 Å². The van der Waals surface area contributed by atoms with Gasteiger partial charge in [0, 0.05) is 29.5 Å². The molecular formula is C36H48N4O5. The molecule has 2 aliphatic heterocycles. The lowest BCUT2D eigenvalue weighted by molar-refractivity contribution is -0.141. The number of carbonyl (C=O) groups is 3. The first kappa shape index (κ1) is 31.4. The van der Waals surface area contributed by atoms with E-state index in [0.29, 0.717) is 12.3 Å². The third kappa shape index (κ3) is 6.97. The van der Waals surface area contributed by atoms with E-state index in [1.165, 1.54) is 5.56 Å². The molecule has 242 valence electrons. The van der Waals surface area contributed by atoms with Crippen LogP contribution in [0.2, 0.25) is 0 Å². The van der Waals surface area contributed by atoms with Gasteiger partial charge < -0.3 is 25.0 Å². The van der Waals surface area contributed by atoms with Crippen molar-refractivity contribution in [1.29, 1.82) is 0 Å². The second-order valence-electron chi connectivity index (χ2n) is 14.7. The van der Waals surface area contributed by atoms with Gasteiger partial charge in [-0.1, -0.05) is 51.3 Å². The number of aryl methyl sites for hydroxylation is 1. The number of pyridine rings is 1. The highest BCUT2D eigenvalue weighted by Gasteiger charge is 2.52. The summed E-state index contributed by atoms with van der Waals surface area (Å²) in [5, 5.41) is 8.13. The predicted molar refractivity (Wildman–Crippen MR) is 173 cm³/mol. The standard InChI is InChI=1S/C36H48N4O5/c1-5-26-20-36(26,4)39-31(41)29-19-27-21-40(29)33(42)30(25-11-7-6-8-12-25)38-34(43)44-22-35(2,3)16-9-10-23-13-14-24-15-17-37-32(45-27)28(24)18-23/h5,13-15,17-18,25-27,29-30H,1,6-12,16,19-22H2,2-4H3,(H,38,43)(H,39,41)/t26?,27-,29+,30+,36?/m1/s1. The Morgan fingerprint density at radius 3 is 2.69 bits per heavy atom. The Hall–Kier alpha value is -3.62. The van der Waals surface area contributed by atoms with Gasteiger partial charge in [-0.3, -0.25) is 9.59 Å². The molecule has 9 heteroatoms. The van der Waals surface area contributed by atoms with Gasteiger partial charge in [-0.15, -0.1) is 6.58 Å². The summed E-state index contributed by atoms with van der Waals surface area (Å²) in [5.41, 5.74) is 0.582. The molecule has 1 saturated heterocycles. The topological polar surface area (TPSA) is 110 Å². The Balaban J connectivity index is 1.35. The SMILES string of the molecule is C=CC1CC1(C)NC(=O)[C@@H]1C[C@@H]2CN1C(=O)[C@H](C1CCCCC1)NC(=O)OCC(C)(C)CCCc1ccc3ccnc(c3c1)O2. The van der Waals surface area contributed by atoms with E-state index in [2.05, 4.69) is 54.2 Å². The van der Waals surface area contributed by atoms with Crippen LogP contribution in [0.1, 0.15) is 84.1 Å². The molecule has 45 heavy (non-hydrogen) atoms. The highest BCUT2D eigenvalue weighted by atomic mass is 16.5. The average Bonchev–Trinajstić information content (AvgIpc) is 3.48. The smallest absolute Gasteiger partial charge is 0.407 e. The van der Waals surface area contributed by atoms with E-state index in [1.807, 2.05) is 19.1 Å². The van der Waals surface area contributed by atoms with Crippen molar-refractivity contribution in [2.24, 2.45) is 17.3 Å². The zero-order valence-corrected chi connectivity index (χ0v) is 27.0. The second kappa shape index (κ2) is 12.6. The van der Waals surface area contributed by atoms with Crippen LogP contribution in [0, 0.1) is 17.3 Å². The van der Waals surface area contributed by atoms with Crippen LogP contribution in [0.15, 0.2) is 43.1 Å². The number of cyclic esters (lactones) is 1. The van der Waals surface area contributed by atoms with Crippen LogP contribution in [0.25, 0.3) is 10.8 Å². The lowest BCUT2D eigenvalue weighted by Gasteiger charge is -2.35. The summed E-state index contributed by atoms with van der Waals surface area (Å²) in [4.78, 5) is 47.9. The molecule has 1 aromatic carbocycles. The van der Waals surface area contributed by atoms with Crippen LogP contribution >= 0.6 is 0 Å². The summed E-state index contributed by atoms with van der Waals surface area (Å²) in [5.74, 6) is 0.240. The maximum Gasteiger partial charge on any atom is 0.407 e. The molecule has 2 aromatic rings. The number of nitrogens with zero attached hydrogens (tertiary/aromatic N) is 2. The third-order valence-electron chi connectivity index (χ3n) is 10.5. The number of amides is 3. The molecule has 6 rings (SSSR count). The fraction of sp³-hybridized carbons (Fsp3) is 0.611. The molecule has 9 nitrogen and oxygen atoms in total. The predicted octanol–water partition coefficient (Wildman–Crippen LogP) is 5.70. The van der Waals surface area contributed by atoms with E-state index in [-0.39, 0.29) is 47.8 Å². The first-order chi connectivity index (χ1) is 21.5. The van der Waals surface area contributed by atoms with Gasteiger partial charge in [-0.25, -0.2) is 9.78 Å².